The molecule has 62 valence electrons. The van der Waals surface area contributed by atoms with Crippen molar-refractivity contribution in [3.8, 4) is 10.8 Å². The van der Waals surface area contributed by atoms with Gasteiger partial charge in [-0.05, 0) is 6.07 Å². The summed E-state index contributed by atoms with van der Waals surface area (Å²) in [6.45, 7) is 0. The predicted molar refractivity (Wildman–Crippen MR) is 45.1 cm³/mol. The van der Waals surface area contributed by atoms with Crippen LogP contribution in [0.5, 0.6) is 10.8 Å². The fourth-order valence-corrected chi connectivity index (χ4v) is 1.92. The van der Waals surface area contributed by atoms with E-state index in [1.807, 2.05) is 0 Å². The predicted octanol–water partition coefficient (Wildman–Crippen LogP) is 2.45. The van der Waals surface area contributed by atoms with Gasteiger partial charge in [0, 0.05) is 22.2 Å². The highest BCUT2D eigenvalue weighted by Gasteiger charge is 2.06. The molecule has 0 unspecified atom stereocenters. The molecule has 0 bridgehead atoms. The molecule has 1 heterocycles. The average molecular weight is 184 g/mol. The Morgan fingerprint density at radius 3 is 2.67 bits per heavy atom. The van der Waals surface area contributed by atoms with E-state index in [4.69, 9.17) is 5.11 Å². The Kier molecular flexibility index (Phi) is 1.44. The molecule has 0 atom stereocenters. The van der Waals surface area contributed by atoms with Gasteiger partial charge in [-0.2, -0.15) is 0 Å². The molecular formula is C8H5FO2S. The first kappa shape index (κ1) is 7.36. The second-order valence-electron chi connectivity index (χ2n) is 2.42. The third-order valence-corrected chi connectivity index (χ3v) is 2.45. The SMILES string of the molecule is Oc1cc2c(O)cc(F)cc2s1. The standard InChI is InChI=1S/C8H5FO2S/c9-4-1-6(10)5-3-8(11)12-7(5)2-4/h1-3,10-11H. The van der Waals surface area contributed by atoms with Gasteiger partial charge in [-0.1, -0.05) is 11.3 Å². The number of halogens is 1. The lowest BCUT2D eigenvalue weighted by Gasteiger charge is -1.93. The maximum atomic E-state index is 12.7. The minimum atomic E-state index is -0.498. The molecule has 0 spiro atoms. The van der Waals surface area contributed by atoms with Crippen LogP contribution in [0.2, 0.25) is 0 Å². The molecule has 4 heteroatoms. The number of thiophene rings is 1. The maximum absolute atomic E-state index is 12.7. The third-order valence-electron chi connectivity index (χ3n) is 1.57. The Morgan fingerprint density at radius 1 is 1.17 bits per heavy atom. The van der Waals surface area contributed by atoms with Crippen LogP contribution in [0.1, 0.15) is 0 Å². The third kappa shape index (κ3) is 1.00. The Hall–Kier alpha value is -1.29. The number of aromatic hydroxyl groups is 2. The van der Waals surface area contributed by atoms with Crippen molar-refractivity contribution in [1.82, 2.24) is 0 Å². The average Bonchev–Trinajstić information content (AvgIpc) is 2.29. The second-order valence-corrected chi connectivity index (χ2v) is 3.48. The van der Waals surface area contributed by atoms with Crippen LogP contribution in [0.3, 0.4) is 0 Å². The highest BCUT2D eigenvalue weighted by atomic mass is 32.1. The first-order valence-corrected chi connectivity index (χ1v) is 4.09. The van der Waals surface area contributed by atoms with E-state index in [2.05, 4.69) is 0 Å². The summed E-state index contributed by atoms with van der Waals surface area (Å²) in [6.07, 6.45) is 0. The number of hydrogen-bond donors (Lipinski definition) is 2. The van der Waals surface area contributed by atoms with Crippen LogP contribution < -0.4 is 0 Å². The van der Waals surface area contributed by atoms with Crippen molar-refractivity contribution in [2.75, 3.05) is 0 Å². The van der Waals surface area contributed by atoms with Gasteiger partial charge in [0.25, 0.3) is 0 Å². The summed E-state index contributed by atoms with van der Waals surface area (Å²) in [5.74, 6) is -0.636. The summed E-state index contributed by atoms with van der Waals surface area (Å²) in [7, 11) is 0. The quantitative estimate of drug-likeness (QED) is 0.660. The number of rotatable bonds is 0. The molecule has 0 amide bonds. The van der Waals surface area contributed by atoms with E-state index in [-0.39, 0.29) is 10.8 Å². The Bertz CT molecular complexity index is 436. The van der Waals surface area contributed by atoms with Crippen molar-refractivity contribution in [3.63, 3.8) is 0 Å². The lowest BCUT2D eigenvalue weighted by atomic mass is 10.2. The van der Waals surface area contributed by atoms with Crippen LogP contribution in [0.15, 0.2) is 18.2 Å². The highest BCUT2D eigenvalue weighted by Crippen LogP contribution is 2.36. The van der Waals surface area contributed by atoms with Crippen molar-refractivity contribution in [2.45, 2.75) is 0 Å². The van der Waals surface area contributed by atoms with Crippen LogP contribution >= 0.6 is 11.3 Å². The molecule has 12 heavy (non-hydrogen) atoms. The molecule has 0 saturated carbocycles. The Labute approximate surface area is 71.5 Å². The van der Waals surface area contributed by atoms with Crippen molar-refractivity contribution in [1.29, 1.82) is 0 Å². The van der Waals surface area contributed by atoms with Crippen molar-refractivity contribution in [2.24, 2.45) is 0 Å². The lowest BCUT2D eigenvalue weighted by molar-refractivity contribution is 0.474. The van der Waals surface area contributed by atoms with Gasteiger partial charge in [0.1, 0.15) is 11.6 Å². The fourth-order valence-electron chi connectivity index (χ4n) is 1.07. The first-order chi connectivity index (χ1) is 5.66. The number of benzene rings is 1. The van der Waals surface area contributed by atoms with E-state index in [1.54, 1.807) is 0 Å². The molecule has 0 aliphatic carbocycles. The fraction of sp³-hybridized carbons (Fsp3) is 0. The molecule has 0 fully saturated rings. The van der Waals surface area contributed by atoms with Gasteiger partial charge in [0.2, 0.25) is 0 Å². The van der Waals surface area contributed by atoms with Gasteiger partial charge in [0.15, 0.2) is 5.06 Å². The zero-order valence-electron chi connectivity index (χ0n) is 5.91. The van der Waals surface area contributed by atoms with Crippen LogP contribution in [-0.4, -0.2) is 10.2 Å². The van der Waals surface area contributed by atoms with Crippen LogP contribution in [-0.2, 0) is 0 Å². The molecule has 2 N–H and O–H groups in total. The normalized spacial score (nSPS) is 10.8. The van der Waals surface area contributed by atoms with E-state index in [9.17, 15) is 9.50 Å². The van der Waals surface area contributed by atoms with Gasteiger partial charge >= 0.3 is 0 Å². The molecule has 2 nitrogen and oxygen atoms in total. The number of phenolic OH excluding ortho intramolecular Hbond substituents is 1. The second kappa shape index (κ2) is 2.35. The minimum absolute atomic E-state index is 0.0749. The molecule has 1 aromatic heterocycles. The van der Waals surface area contributed by atoms with E-state index in [1.165, 1.54) is 12.1 Å². The summed E-state index contributed by atoms with van der Waals surface area (Å²) in [6, 6.07) is 3.71. The van der Waals surface area contributed by atoms with E-state index >= 15 is 0 Å². The monoisotopic (exact) mass is 184 g/mol. The minimum Gasteiger partial charge on any atom is -0.507 e. The van der Waals surface area contributed by atoms with Gasteiger partial charge in [-0.25, -0.2) is 4.39 Å². The largest absolute Gasteiger partial charge is 0.507 e. The summed E-state index contributed by atoms with van der Waals surface area (Å²) in [4.78, 5) is 0. The zero-order chi connectivity index (χ0) is 8.72. The number of fused-ring (bicyclic) bond motifs is 1. The summed E-state index contributed by atoms with van der Waals surface area (Å²) < 4.78 is 13.2. The van der Waals surface area contributed by atoms with Gasteiger partial charge in [-0.3, -0.25) is 0 Å². The van der Waals surface area contributed by atoms with Crippen LogP contribution in [0, 0.1) is 5.82 Å². The van der Waals surface area contributed by atoms with E-state index < -0.39 is 5.82 Å². The summed E-state index contributed by atoms with van der Waals surface area (Å²) in [5.41, 5.74) is 0. The number of hydrogen-bond acceptors (Lipinski definition) is 3. The maximum Gasteiger partial charge on any atom is 0.172 e. The molecule has 0 aliphatic rings. The molecule has 0 radical (unpaired) electrons. The molecule has 2 rings (SSSR count). The highest BCUT2D eigenvalue weighted by molar-refractivity contribution is 7.20. The number of phenols is 1. The van der Waals surface area contributed by atoms with Gasteiger partial charge in [0.05, 0.1) is 0 Å². The van der Waals surface area contributed by atoms with Gasteiger partial charge < -0.3 is 10.2 Å². The first-order valence-electron chi connectivity index (χ1n) is 3.28. The molecule has 1 aromatic carbocycles. The molecular weight excluding hydrogens is 179 g/mol. The lowest BCUT2D eigenvalue weighted by Crippen LogP contribution is -1.71. The molecule has 2 aromatic rings. The van der Waals surface area contributed by atoms with E-state index in [0.717, 1.165) is 17.4 Å². The Balaban J connectivity index is 2.88. The summed E-state index contributed by atoms with van der Waals surface area (Å²) >= 11 is 1.04. The van der Waals surface area contributed by atoms with Crippen molar-refractivity contribution < 1.29 is 14.6 Å². The zero-order valence-corrected chi connectivity index (χ0v) is 6.73. The molecule has 0 saturated heterocycles. The molecule has 0 aliphatic heterocycles. The van der Waals surface area contributed by atoms with Crippen LogP contribution in [0.4, 0.5) is 4.39 Å². The van der Waals surface area contributed by atoms with E-state index in [0.29, 0.717) is 10.1 Å². The van der Waals surface area contributed by atoms with Crippen LogP contribution in [0.25, 0.3) is 10.1 Å². The van der Waals surface area contributed by atoms with Crippen molar-refractivity contribution >= 4 is 21.4 Å². The smallest absolute Gasteiger partial charge is 0.172 e. The van der Waals surface area contributed by atoms with Gasteiger partial charge in [-0.15, -0.1) is 0 Å². The summed E-state index contributed by atoms with van der Waals surface area (Å²) in [5, 5.41) is 18.8. The Morgan fingerprint density at radius 2 is 1.92 bits per heavy atom. The topological polar surface area (TPSA) is 40.5 Å². The van der Waals surface area contributed by atoms with Crippen molar-refractivity contribution in [3.05, 3.63) is 24.0 Å².